The standard InChI is InChI=1S/C19H21ClN2/c20-18-11-9-15-16-12-14(7-6-13-4-2-1-3-5-13)8-10-17(16)21-19(15)22-18/h8-13H,1-7H2,(H,21,22). The van der Waals surface area contributed by atoms with Crippen LogP contribution in [0, 0.1) is 5.92 Å². The second kappa shape index (κ2) is 5.92. The molecule has 1 aliphatic rings. The van der Waals surface area contributed by atoms with E-state index in [0.29, 0.717) is 5.15 Å². The third-order valence-corrected chi connectivity index (χ3v) is 5.26. The van der Waals surface area contributed by atoms with Gasteiger partial charge in [0.25, 0.3) is 0 Å². The van der Waals surface area contributed by atoms with Gasteiger partial charge in [-0.1, -0.05) is 49.8 Å². The highest BCUT2D eigenvalue weighted by Crippen LogP contribution is 2.30. The largest absolute Gasteiger partial charge is 0.339 e. The molecule has 1 N–H and O–H groups in total. The van der Waals surface area contributed by atoms with Gasteiger partial charge in [-0.05, 0) is 48.6 Å². The Balaban J connectivity index is 1.60. The van der Waals surface area contributed by atoms with Gasteiger partial charge < -0.3 is 4.98 Å². The third kappa shape index (κ3) is 2.72. The van der Waals surface area contributed by atoms with Gasteiger partial charge in [-0.3, -0.25) is 0 Å². The minimum Gasteiger partial charge on any atom is -0.339 e. The topological polar surface area (TPSA) is 28.7 Å². The van der Waals surface area contributed by atoms with Crippen molar-refractivity contribution in [2.45, 2.75) is 44.9 Å². The summed E-state index contributed by atoms with van der Waals surface area (Å²) in [6.45, 7) is 0. The molecule has 0 aliphatic heterocycles. The van der Waals surface area contributed by atoms with Crippen molar-refractivity contribution >= 4 is 33.5 Å². The molecular weight excluding hydrogens is 292 g/mol. The first-order valence-corrected chi connectivity index (χ1v) is 8.74. The van der Waals surface area contributed by atoms with E-state index >= 15 is 0 Å². The van der Waals surface area contributed by atoms with Gasteiger partial charge in [0.05, 0.1) is 0 Å². The molecule has 0 saturated heterocycles. The fraction of sp³-hybridized carbons (Fsp3) is 0.421. The first kappa shape index (κ1) is 14.1. The number of aromatic amines is 1. The minimum atomic E-state index is 0.538. The number of aromatic nitrogens is 2. The number of pyridine rings is 1. The van der Waals surface area contributed by atoms with Crippen molar-refractivity contribution < 1.29 is 0 Å². The average Bonchev–Trinajstić information content (AvgIpc) is 2.90. The number of benzene rings is 1. The molecule has 1 saturated carbocycles. The average molecular weight is 313 g/mol. The predicted octanol–water partition coefficient (Wildman–Crippen LogP) is 5.88. The van der Waals surface area contributed by atoms with E-state index in [0.717, 1.165) is 17.1 Å². The van der Waals surface area contributed by atoms with Crippen molar-refractivity contribution in [3.8, 4) is 0 Å². The smallest absolute Gasteiger partial charge is 0.140 e. The van der Waals surface area contributed by atoms with Crippen LogP contribution in [0.5, 0.6) is 0 Å². The summed E-state index contributed by atoms with van der Waals surface area (Å²) in [5.41, 5.74) is 3.46. The summed E-state index contributed by atoms with van der Waals surface area (Å²) in [5.74, 6) is 0.938. The minimum absolute atomic E-state index is 0.538. The van der Waals surface area contributed by atoms with Crippen molar-refractivity contribution in [2.24, 2.45) is 5.92 Å². The van der Waals surface area contributed by atoms with E-state index in [1.54, 1.807) is 0 Å². The molecule has 0 spiro atoms. The SMILES string of the molecule is Clc1ccc2c(n1)[nH]c1ccc(CCC3CCCCC3)cc12. The lowest BCUT2D eigenvalue weighted by molar-refractivity contribution is 0.339. The first-order chi connectivity index (χ1) is 10.8. The van der Waals surface area contributed by atoms with Crippen LogP contribution < -0.4 is 0 Å². The molecule has 2 nitrogen and oxygen atoms in total. The van der Waals surface area contributed by atoms with Gasteiger partial charge in [0.2, 0.25) is 0 Å². The molecule has 1 fully saturated rings. The molecule has 4 rings (SSSR count). The van der Waals surface area contributed by atoms with E-state index in [9.17, 15) is 0 Å². The zero-order valence-corrected chi connectivity index (χ0v) is 13.5. The summed E-state index contributed by atoms with van der Waals surface area (Å²) < 4.78 is 0. The molecule has 114 valence electrons. The molecule has 0 atom stereocenters. The summed E-state index contributed by atoms with van der Waals surface area (Å²) >= 11 is 5.98. The molecule has 0 amide bonds. The highest BCUT2D eigenvalue weighted by molar-refractivity contribution is 6.30. The maximum absolute atomic E-state index is 5.98. The number of hydrogen-bond acceptors (Lipinski definition) is 1. The molecule has 0 bridgehead atoms. The normalized spacial score (nSPS) is 16.6. The number of fused-ring (bicyclic) bond motifs is 3. The molecule has 1 aromatic carbocycles. The quantitative estimate of drug-likeness (QED) is 0.601. The van der Waals surface area contributed by atoms with Crippen molar-refractivity contribution in [2.75, 3.05) is 0 Å². The van der Waals surface area contributed by atoms with Crippen LogP contribution in [0.25, 0.3) is 21.9 Å². The number of rotatable bonds is 3. The third-order valence-electron chi connectivity index (χ3n) is 5.05. The Hall–Kier alpha value is -1.54. The van der Waals surface area contributed by atoms with Crippen molar-refractivity contribution in [3.05, 3.63) is 41.0 Å². The molecule has 0 unspecified atom stereocenters. The van der Waals surface area contributed by atoms with Crippen LogP contribution >= 0.6 is 11.6 Å². The molecule has 2 aromatic heterocycles. The van der Waals surface area contributed by atoms with Gasteiger partial charge in [0, 0.05) is 16.3 Å². The maximum Gasteiger partial charge on any atom is 0.140 e. The van der Waals surface area contributed by atoms with E-state index in [2.05, 4.69) is 34.2 Å². The predicted molar refractivity (Wildman–Crippen MR) is 93.5 cm³/mol. The van der Waals surface area contributed by atoms with Gasteiger partial charge >= 0.3 is 0 Å². The van der Waals surface area contributed by atoms with Crippen LogP contribution in [0.3, 0.4) is 0 Å². The Morgan fingerprint density at radius 1 is 1.05 bits per heavy atom. The van der Waals surface area contributed by atoms with Crippen LogP contribution in [-0.4, -0.2) is 9.97 Å². The monoisotopic (exact) mass is 312 g/mol. The Kier molecular flexibility index (Phi) is 3.79. The summed E-state index contributed by atoms with van der Waals surface area (Å²) in [5, 5.41) is 2.97. The summed E-state index contributed by atoms with van der Waals surface area (Å²) in [6.07, 6.45) is 9.67. The number of nitrogens with one attached hydrogen (secondary N) is 1. The van der Waals surface area contributed by atoms with E-state index in [1.165, 1.54) is 61.3 Å². The highest BCUT2D eigenvalue weighted by atomic mass is 35.5. The van der Waals surface area contributed by atoms with Crippen molar-refractivity contribution in [1.82, 2.24) is 9.97 Å². The zero-order chi connectivity index (χ0) is 14.9. The number of aryl methyl sites for hydroxylation is 1. The van der Waals surface area contributed by atoms with Crippen molar-refractivity contribution in [3.63, 3.8) is 0 Å². The van der Waals surface area contributed by atoms with Gasteiger partial charge in [-0.15, -0.1) is 0 Å². The fourth-order valence-electron chi connectivity index (χ4n) is 3.80. The molecule has 1 aliphatic carbocycles. The molecule has 0 radical (unpaired) electrons. The number of H-pyrrole nitrogens is 1. The van der Waals surface area contributed by atoms with E-state index in [4.69, 9.17) is 11.6 Å². The lowest BCUT2D eigenvalue weighted by atomic mass is 9.85. The highest BCUT2D eigenvalue weighted by Gasteiger charge is 2.13. The Labute approximate surface area is 135 Å². The second-order valence-electron chi connectivity index (χ2n) is 6.58. The van der Waals surface area contributed by atoms with Gasteiger partial charge in [-0.2, -0.15) is 0 Å². The second-order valence-corrected chi connectivity index (χ2v) is 6.97. The van der Waals surface area contributed by atoms with Gasteiger partial charge in [0.1, 0.15) is 10.8 Å². The Morgan fingerprint density at radius 3 is 2.77 bits per heavy atom. The summed E-state index contributed by atoms with van der Waals surface area (Å²) in [7, 11) is 0. The van der Waals surface area contributed by atoms with Crippen LogP contribution in [0.2, 0.25) is 5.15 Å². The van der Waals surface area contributed by atoms with Crippen molar-refractivity contribution in [1.29, 1.82) is 0 Å². The molecule has 3 heteroatoms. The van der Waals surface area contributed by atoms with Crippen LogP contribution in [0.4, 0.5) is 0 Å². The Bertz CT molecular complexity index is 800. The number of nitrogens with zero attached hydrogens (tertiary/aromatic N) is 1. The zero-order valence-electron chi connectivity index (χ0n) is 12.7. The van der Waals surface area contributed by atoms with E-state index < -0.39 is 0 Å². The first-order valence-electron chi connectivity index (χ1n) is 8.36. The number of halogens is 1. The van der Waals surface area contributed by atoms with Crippen LogP contribution in [0.15, 0.2) is 30.3 Å². The lowest BCUT2D eigenvalue weighted by Crippen LogP contribution is -2.07. The lowest BCUT2D eigenvalue weighted by Gasteiger charge is -2.21. The van der Waals surface area contributed by atoms with Gasteiger partial charge in [-0.25, -0.2) is 4.98 Å². The molecule has 22 heavy (non-hydrogen) atoms. The van der Waals surface area contributed by atoms with E-state index in [1.807, 2.05) is 6.07 Å². The number of hydrogen-bond donors (Lipinski definition) is 1. The molecule has 3 aromatic rings. The van der Waals surface area contributed by atoms with Crippen LogP contribution in [0.1, 0.15) is 44.1 Å². The van der Waals surface area contributed by atoms with Crippen LogP contribution in [-0.2, 0) is 6.42 Å². The summed E-state index contributed by atoms with van der Waals surface area (Å²) in [6, 6.07) is 10.7. The summed E-state index contributed by atoms with van der Waals surface area (Å²) in [4.78, 5) is 7.73. The van der Waals surface area contributed by atoms with E-state index in [-0.39, 0.29) is 0 Å². The fourth-order valence-corrected chi connectivity index (χ4v) is 3.95. The maximum atomic E-state index is 5.98. The van der Waals surface area contributed by atoms with Gasteiger partial charge in [0.15, 0.2) is 0 Å². The molecular formula is C19H21ClN2. The Morgan fingerprint density at radius 2 is 1.91 bits per heavy atom. The molecule has 2 heterocycles.